The summed E-state index contributed by atoms with van der Waals surface area (Å²) >= 11 is 1.93. The van der Waals surface area contributed by atoms with Gasteiger partial charge in [-0.05, 0) is 18.6 Å². The Bertz CT molecular complexity index is 412. The lowest BCUT2D eigenvalue weighted by molar-refractivity contribution is -0.143. The first-order valence-corrected chi connectivity index (χ1v) is 17.7. The Hall–Kier alpha value is -0.180. The van der Waals surface area contributed by atoms with E-state index >= 15 is 0 Å². The minimum absolute atomic E-state index is 0.00562. The number of unbranched alkanes of at least 4 members (excludes halogenated alkanes) is 24. The highest BCUT2D eigenvalue weighted by Gasteiger charge is 2.03. The van der Waals surface area contributed by atoms with E-state index in [1.54, 1.807) is 0 Å². The fourth-order valence-electron chi connectivity index (χ4n) is 4.86. The molecule has 0 bridgehead atoms. The van der Waals surface area contributed by atoms with Crippen LogP contribution in [0.3, 0.4) is 0 Å². The maximum atomic E-state index is 11.9. The number of esters is 1. The molecule has 0 rings (SSSR count). The van der Waals surface area contributed by atoms with Crippen molar-refractivity contribution in [2.45, 2.75) is 187 Å². The lowest BCUT2D eigenvalue weighted by Crippen LogP contribution is -2.07. The van der Waals surface area contributed by atoms with Gasteiger partial charge >= 0.3 is 5.97 Å². The van der Waals surface area contributed by atoms with Crippen LogP contribution in [-0.2, 0) is 9.53 Å². The van der Waals surface area contributed by atoms with Gasteiger partial charge in [0.1, 0.15) is 0 Å². The van der Waals surface area contributed by atoms with Crippen LogP contribution in [0.25, 0.3) is 0 Å². The van der Waals surface area contributed by atoms with Crippen LogP contribution in [0.1, 0.15) is 187 Å². The molecule has 0 saturated heterocycles. The Morgan fingerprint density at radius 3 is 1.17 bits per heavy atom. The van der Waals surface area contributed by atoms with Gasteiger partial charge in [-0.3, -0.25) is 4.79 Å². The molecule has 0 aromatic rings. The molecule has 0 N–H and O–H groups in total. The zero-order valence-corrected chi connectivity index (χ0v) is 25.8. The van der Waals surface area contributed by atoms with Crippen LogP contribution < -0.4 is 0 Å². The van der Waals surface area contributed by atoms with Crippen LogP contribution in [0.4, 0.5) is 0 Å². The second kappa shape index (κ2) is 32.8. The molecule has 36 heavy (non-hydrogen) atoms. The molecular formula is C33H66O2S. The predicted molar refractivity (Wildman–Crippen MR) is 164 cm³/mol. The van der Waals surface area contributed by atoms with E-state index in [2.05, 4.69) is 13.8 Å². The summed E-state index contributed by atoms with van der Waals surface area (Å²) in [5.74, 6) is 2.13. The first kappa shape index (κ1) is 35.8. The van der Waals surface area contributed by atoms with Gasteiger partial charge in [0.2, 0.25) is 0 Å². The maximum absolute atomic E-state index is 11.9. The number of carbonyl (C=O) groups is 1. The minimum atomic E-state index is 0.00562. The maximum Gasteiger partial charge on any atom is 0.306 e. The van der Waals surface area contributed by atoms with Crippen molar-refractivity contribution in [3.05, 3.63) is 0 Å². The van der Waals surface area contributed by atoms with Crippen molar-refractivity contribution in [3.8, 4) is 0 Å². The van der Waals surface area contributed by atoms with E-state index in [9.17, 15) is 4.79 Å². The van der Waals surface area contributed by atoms with Crippen molar-refractivity contribution in [2.24, 2.45) is 0 Å². The lowest BCUT2D eigenvalue weighted by Gasteiger charge is -2.06. The molecule has 0 aliphatic carbocycles. The predicted octanol–water partition coefficient (Wildman–Crippen LogP) is 11.8. The molecule has 2 nitrogen and oxygen atoms in total. The summed E-state index contributed by atoms with van der Waals surface area (Å²) in [7, 11) is 0. The Balaban J connectivity index is 3.13. The molecule has 0 amide bonds. The summed E-state index contributed by atoms with van der Waals surface area (Å²) < 4.78 is 5.41. The Labute approximate surface area is 232 Å². The summed E-state index contributed by atoms with van der Waals surface area (Å²) in [6, 6.07) is 0. The van der Waals surface area contributed by atoms with Crippen LogP contribution >= 0.6 is 11.8 Å². The molecular weight excluding hydrogens is 460 g/mol. The molecule has 0 spiro atoms. The molecule has 0 aliphatic heterocycles. The number of hydrogen-bond donors (Lipinski definition) is 0. The zero-order valence-electron chi connectivity index (χ0n) is 24.9. The van der Waals surface area contributed by atoms with Crippen LogP contribution in [-0.4, -0.2) is 24.1 Å². The molecule has 0 atom stereocenters. The molecule has 0 saturated carbocycles. The summed E-state index contributed by atoms with van der Waals surface area (Å²) in [6.45, 7) is 5.19. The quantitative estimate of drug-likeness (QED) is 0.0663. The van der Waals surface area contributed by atoms with Gasteiger partial charge in [-0.2, -0.15) is 11.8 Å². The van der Waals surface area contributed by atoms with Gasteiger partial charge in [0.05, 0.1) is 13.0 Å². The molecule has 0 aromatic heterocycles. The Morgan fingerprint density at radius 1 is 0.444 bits per heavy atom. The van der Waals surface area contributed by atoms with Crippen LogP contribution in [0.2, 0.25) is 0 Å². The number of thioether (sulfide) groups is 1. The van der Waals surface area contributed by atoms with Crippen molar-refractivity contribution in [3.63, 3.8) is 0 Å². The summed E-state index contributed by atoms with van der Waals surface area (Å²) in [4.78, 5) is 11.9. The van der Waals surface area contributed by atoms with Crippen LogP contribution in [0.15, 0.2) is 0 Å². The average molecular weight is 527 g/mol. The second-order valence-corrected chi connectivity index (χ2v) is 12.3. The first-order valence-electron chi connectivity index (χ1n) is 16.5. The van der Waals surface area contributed by atoms with E-state index in [0.29, 0.717) is 13.0 Å². The van der Waals surface area contributed by atoms with E-state index in [-0.39, 0.29) is 5.97 Å². The average Bonchev–Trinajstić information content (AvgIpc) is 2.88. The molecule has 216 valence electrons. The summed E-state index contributed by atoms with van der Waals surface area (Å²) in [6.07, 6.45) is 36.5. The molecule has 3 heteroatoms. The highest BCUT2D eigenvalue weighted by molar-refractivity contribution is 7.99. The fraction of sp³-hybridized carbons (Fsp3) is 0.970. The van der Waals surface area contributed by atoms with Crippen molar-refractivity contribution in [1.29, 1.82) is 0 Å². The summed E-state index contributed by atoms with van der Waals surface area (Å²) in [5.41, 5.74) is 0. The molecule has 0 fully saturated rings. The monoisotopic (exact) mass is 526 g/mol. The lowest BCUT2D eigenvalue weighted by atomic mass is 10.0. The smallest absolute Gasteiger partial charge is 0.306 e. The van der Waals surface area contributed by atoms with E-state index in [4.69, 9.17) is 4.74 Å². The van der Waals surface area contributed by atoms with Crippen molar-refractivity contribution >= 4 is 17.7 Å². The van der Waals surface area contributed by atoms with Crippen molar-refractivity contribution in [2.75, 3.05) is 18.1 Å². The minimum Gasteiger partial charge on any atom is -0.466 e. The van der Waals surface area contributed by atoms with Crippen molar-refractivity contribution < 1.29 is 9.53 Å². The topological polar surface area (TPSA) is 26.3 Å². The van der Waals surface area contributed by atoms with Gasteiger partial charge in [0.25, 0.3) is 0 Å². The van der Waals surface area contributed by atoms with E-state index < -0.39 is 0 Å². The van der Waals surface area contributed by atoms with E-state index in [1.807, 2.05) is 11.8 Å². The fourth-order valence-corrected chi connectivity index (χ4v) is 5.78. The molecule has 0 aliphatic rings. The molecule has 0 radical (unpaired) electrons. The Kier molecular flexibility index (Phi) is 32.7. The van der Waals surface area contributed by atoms with Gasteiger partial charge < -0.3 is 4.74 Å². The van der Waals surface area contributed by atoms with Gasteiger partial charge in [-0.1, -0.05) is 168 Å². The highest BCUT2D eigenvalue weighted by atomic mass is 32.2. The third-order valence-corrected chi connectivity index (χ3v) is 8.42. The number of hydrogen-bond acceptors (Lipinski definition) is 3. The molecule has 0 heterocycles. The number of carbonyl (C=O) groups excluding carboxylic acids is 1. The second-order valence-electron chi connectivity index (χ2n) is 11.1. The van der Waals surface area contributed by atoms with Gasteiger partial charge in [-0.15, -0.1) is 0 Å². The first-order chi connectivity index (χ1) is 17.8. The molecule has 0 unspecified atom stereocenters. The summed E-state index contributed by atoms with van der Waals surface area (Å²) in [5, 5.41) is 0. The third-order valence-electron chi connectivity index (χ3n) is 7.35. The number of ether oxygens (including phenoxy) is 1. The number of rotatable bonds is 31. The molecule has 0 aromatic carbocycles. The normalized spacial score (nSPS) is 11.3. The van der Waals surface area contributed by atoms with E-state index in [0.717, 1.165) is 12.2 Å². The zero-order chi connectivity index (χ0) is 26.2. The van der Waals surface area contributed by atoms with E-state index in [1.165, 1.54) is 166 Å². The highest BCUT2D eigenvalue weighted by Crippen LogP contribution is 2.15. The third kappa shape index (κ3) is 31.8. The van der Waals surface area contributed by atoms with Gasteiger partial charge in [-0.25, -0.2) is 0 Å². The van der Waals surface area contributed by atoms with Crippen LogP contribution in [0, 0.1) is 0 Å². The SMILES string of the molecule is CCCCCCCCCCCCCCCCCSCCC(=O)OCCCCCCCCCCCCC. The Morgan fingerprint density at radius 2 is 0.778 bits per heavy atom. The standard InChI is InChI=1S/C33H66O2S/c1-3-5-7-9-11-13-15-16-17-18-20-22-24-26-28-31-36-32-29-33(34)35-30-27-25-23-21-19-14-12-10-8-6-4-2/h3-32H2,1-2H3. The van der Waals surface area contributed by atoms with Crippen LogP contribution in [0.5, 0.6) is 0 Å². The van der Waals surface area contributed by atoms with Crippen molar-refractivity contribution in [1.82, 2.24) is 0 Å². The van der Waals surface area contributed by atoms with Gasteiger partial charge in [0.15, 0.2) is 0 Å². The van der Waals surface area contributed by atoms with Gasteiger partial charge in [0, 0.05) is 5.75 Å². The largest absolute Gasteiger partial charge is 0.466 e.